The van der Waals surface area contributed by atoms with E-state index in [-0.39, 0.29) is 22.5 Å². The summed E-state index contributed by atoms with van der Waals surface area (Å²) in [5, 5.41) is 15.3. The summed E-state index contributed by atoms with van der Waals surface area (Å²) in [6.07, 6.45) is 1.07. The fourth-order valence-corrected chi connectivity index (χ4v) is 1.96. The fraction of sp³-hybridized carbons (Fsp3) is 0.0909. The van der Waals surface area contributed by atoms with E-state index in [1.165, 1.54) is 12.1 Å². The molecule has 1 aromatic heterocycles. The van der Waals surface area contributed by atoms with Gasteiger partial charge in [-0.2, -0.15) is 0 Å². The number of aromatic nitrogens is 1. The first-order chi connectivity index (χ1) is 9.54. The molecule has 104 valence electrons. The van der Waals surface area contributed by atoms with Crippen molar-refractivity contribution in [3.05, 3.63) is 52.0 Å². The third-order valence-corrected chi connectivity index (χ3v) is 3.12. The quantitative estimate of drug-likeness (QED) is 0.669. The lowest BCUT2D eigenvalue weighted by atomic mass is 10.2. The molecule has 0 fully saturated rings. The molecule has 2 amide bonds. The SMILES string of the molecule is O=C(NCc1ccc(F)cc1)Nc1ncc([N+](=O)[O-])s1. The van der Waals surface area contributed by atoms with Gasteiger partial charge in [0.2, 0.25) is 0 Å². The standard InChI is InChI=1S/C11H9FN4O3S/c12-8-3-1-7(2-4-8)5-13-10(17)15-11-14-6-9(20-11)16(18)19/h1-4,6H,5H2,(H2,13,14,15,17). The Kier molecular flexibility index (Phi) is 4.20. The smallest absolute Gasteiger partial charge is 0.334 e. The summed E-state index contributed by atoms with van der Waals surface area (Å²) in [5.74, 6) is -0.353. The molecule has 0 saturated carbocycles. The van der Waals surface area contributed by atoms with Gasteiger partial charge < -0.3 is 5.32 Å². The second-order valence-corrected chi connectivity index (χ2v) is 4.70. The third kappa shape index (κ3) is 3.72. The van der Waals surface area contributed by atoms with Crippen LogP contribution in [0.4, 0.5) is 19.3 Å². The molecule has 0 unspecified atom stereocenters. The third-order valence-electron chi connectivity index (χ3n) is 2.26. The van der Waals surface area contributed by atoms with Crippen LogP contribution in [-0.2, 0) is 6.54 Å². The summed E-state index contributed by atoms with van der Waals surface area (Å²) in [6.45, 7) is 0.208. The van der Waals surface area contributed by atoms with E-state index in [4.69, 9.17) is 0 Å². The van der Waals surface area contributed by atoms with Gasteiger partial charge in [0.1, 0.15) is 12.0 Å². The summed E-state index contributed by atoms with van der Waals surface area (Å²) in [4.78, 5) is 25.1. The first-order valence-electron chi connectivity index (χ1n) is 5.44. The molecule has 0 spiro atoms. The van der Waals surface area contributed by atoms with Gasteiger partial charge in [0.05, 0.1) is 4.92 Å². The largest absolute Gasteiger partial charge is 0.345 e. The van der Waals surface area contributed by atoms with E-state index in [2.05, 4.69) is 15.6 Å². The summed E-state index contributed by atoms with van der Waals surface area (Å²) in [7, 11) is 0. The van der Waals surface area contributed by atoms with Crippen molar-refractivity contribution in [3.63, 3.8) is 0 Å². The van der Waals surface area contributed by atoms with Crippen LogP contribution in [0.15, 0.2) is 30.5 Å². The van der Waals surface area contributed by atoms with Crippen LogP contribution in [0, 0.1) is 15.9 Å². The number of anilines is 1. The first-order valence-corrected chi connectivity index (χ1v) is 6.26. The molecule has 0 aliphatic heterocycles. The van der Waals surface area contributed by atoms with E-state index < -0.39 is 11.0 Å². The molecule has 2 aromatic rings. The summed E-state index contributed by atoms with van der Waals surface area (Å²) < 4.78 is 12.7. The van der Waals surface area contributed by atoms with Crippen LogP contribution in [-0.4, -0.2) is 15.9 Å². The van der Waals surface area contributed by atoms with Crippen molar-refractivity contribution < 1.29 is 14.1 Å². The molecule has 2 rings (SSSR count). The maximum atomic E-state index is 12.7. The Balaban J connectivity index is 1.85. The minimum Gasteiger partial charge on any atom is -0.334 e. The average molecular weight is 296 g/mol. The lowest BCUT2D eigenvalue weighted by Gasteiger charge is -2.05. The molecule has 0 aliphatic carbocycles. The second-order valence-electron chi connectivity index (χ2n) is 3.69. The Bertz CT molecular complexity index is 629. The van der Waals surface area contributed by atoms with Gasteiger partial charge >= 0.3 is 11.0 Å². The highest BCUT2D eigenvalue weighted by atomic mass is 32.1. The van der Waals surface area contributed by atoms with Crippen LogP contribution >= 0.6 is 11.3 Å². The molecular formula is C11H9FN4O3S. The van der Waals surface area contributed by atoms with Crippen LogP contribution in [0.5, 0.6) is 0 Å². The maximum absolute atomic E-state index is 12.7. The van der Waals surface area contributed by atoms with Gasteiger partial charge in [0.25, 0.3) is 0 Å². The minimum atomic E-state index is -0.584. The van der Waals surface area contributed by atoms with Gasteiger partial charge in [0.15, 0.2) is 5.13 Å². The fourth-order valence-electron chi connectivity index (χ4n) is 1.33. The number of amides is 2. The minimum absolute atomic E-state index is 0.133. The molecule has 0 saturated heterocycles. The zero-order valence-corrected chi connectivity index (χ0v) is 10.8. The van der Waals surface area contributed by atoms with Crippen molar-refractivity contribution in [3.8, 4) is 0 Å². The van der Waals surface area contributed by atoms with Gasteiger partial charge in [-0.1, -0.05) is 12.1 Å². The van der Waals surface area contributed by atoms with E-state index >= 15 is 0 Å². The molecule has 0 bridgehead atoms. The van der Waals surface area contributed by atoms with Crippen LogP contribution in [0.2, 0.25) is 0 Å². The predicted molar refractivity (Wildman–Crippen MR) is 71.0 cm³/mol. The lowest BCUT2D eigenvalue weighted by Crippen LogP contribution is -2.28. The lowest BCUT2D eigenvalue weighted by molar-refractivity contribution is -0.380. The second kappa shape index (κ2) is 6.06. The Labute approximate surface area is 116 Å². The van der Waals surface area contributed by atoms with E-state index in [9.17, 15) is 19.3 Å². The van der Waals surface area contributed by atoms with Crippen LogP contribution in [0.3, 0.4) is 0 Å². The number of nitrogens with one attached hydrogen (secondary N) is 2. The number of rotatable bonds is 4. The molecule has 1 aromatic carbocycles. The number of nitro groups is 1. The van der Waals surface area contributed by atoms with E-state index in [1.54, 1.807) is 12.1 Å². The molecule has 0 aliphatic rings. The molecule has 2 N–H and O–H groups in total. The zero-order chi connectivity index (χ0) is 14.5. The van der Waals surface area contributed by atoms with Crippen LogP contribution < -0.4 is 10.6 Å². The molecular weight excluding hydrogens is 287 g/mol. The summed E-state index contributed by atoms with van der Waals surface area (Å²) >= 11 is 0.761. The van der Waals surface area contributed by atoms with Gasteiger partial charge in [-0.05, 0) is 29.0 Å². The summed E-state index contributed by atoms with van der Waals surface area (Å²) in [6, 6.07) is 5.13. The highest BCUT2D eigenvalue weighted by Gasteiger charge is 2.13. The number of carbonyl (C=O) groups is 1. The number of thiazole rings is 1. The number of nitrogens with zero attached hydrogens (tertiary/aromatic N) is 2. The topological polar surface area (TPSA) is 97.2 Å². The Morgan fingerprint density at radius 2 is 2.10 bits per heavy atom. The van der Waals surface area contributed by atoms with Crippen molar-refractivity contribution in [2.45, 2.75) is 6.54 Å². The van der Waals surface area contributed by atoms with Crippen molar-refractivity contribution in [1.82, 2.24) is 10.3 Å². The molecule has 9 heteroatoms. The number of benzene rings is 1. The normalized spacial score (nSPS) is 10.1. The first kappa shape index (κ1) is 13.9. The molecule has 0 atom stereocenters. The van der Waals surface area contributed by atoms with E-state index in [1.807, 2.05) is 0 Å². The number of hydrogen-bond acceptors (Lipinski definition) is 5. The number of urea groups is 1. The molecule has 0 radical (unpaired) electrons. The van der Waals surface area contributed by atoms with Gasteiger partial charge in [-0.25, -0.2) is 14.2 Å². The number of hydrogen-bond donors (Lipinski definition) is 2. The van der Waals surface area contributed by atoms with Crippen molar-refractivity contribution in [2.24, 2.45) is 0 Å². The van der Waals surface area contributed by atoms with Gasteiger partial charge in [-0.3, -0.25) is 15.4 Å². The Morgan fingerprint density at radius 1 is 1.40 bits per heavy atom. The summed E-state index contributed by atoms with van der Waals surface area (Å²) in [5.41, 5.74) is 0.728. The van der Waals surface area contributed by atoms with Crippen molar-refractivity contribution in [1.29, 1.82) is 0 Å². The average Bonchev–Trinajstić information content (AvgIpc) is 2.87. The van der Waals surface area contributed by atoms with E-state index in [0.29, 0.717) is 0 Å². The Hall–Kier alpha value is -2.55. The highest BCUT2D eigenvalue weighted by Crippen LogP contribution is 2.24. The van der Waals surface area contributed by atoms with Crippen molar-refractivity contribution in [2.75, 3.05) is 5.32 Å². The van der Waals surface area contributed by atoms with Crippen LogP contribution in [0.1, 0.15) is 5.56 Å². The van der Waals surface area contributed by atoms with Crippen molar-refractivity contribution >= 4 is 27.5 Å². The van der Waals surface area contributed by atoms with Gasteiger partial charge in [-0.15, -0.1) is 0 Å². The van der Waals surface area contributed by atoms with Gasteiger partial charge in [0, 0.05) is 6.54 Å². The number of halogens is 1. The highest BCUT2D eigenvalue weighted by molar-refractivity contribution is 7.18. The monoisotopic (exact) mass is 296 g/mol. The van der Waals surface area contributed by atoms with Crippen LogP contribution in [0.25, 0.3) is 0 Å². The zero-order valence-electron chi connectivity index (χ0n) is 10.00. The molecule has 1 heterocycles. The Morgan fingerprint density at radius 3 is 2.70 bits per heavy atom. The molecule has 20 heavy (non-hydrogen) atoms. The van der Waals surface area contributed by atoms with E-state index in [0.717, 1.165) is 23.1 Å². The number of carbonyl (C=O) groups excluding carboxylic acids is 1. The maximum Gasteiger partial charge on any atom is 0.345 e. The molecule has 7 nitrogen and oxygen atoms in total. The predicted octanol–water partition coefficient (Wildman–Crippen LogP) is 2.51.